The number of cyclic esters (lactones) is 1. The van der Waals surface area contributed by atoms with E-state index in [0.29, 0.717) is 6.42 Å². The summed E-state index contributed by atoms with van der Waals surface area (Å²) in [6.07, 6.45) is -9.71. The number of carbonyl (C=O) groups is 2. The van der Waals surface area contributed by atoms with Crippen molar-refractivity contribution >= 4 is 11.8 Å². The number of carbonyl (C=O) groups excluding carboxylic acids is 2. The fourth-order valence-electron chi connectivity index (χ4n) is 8.41. The minimum Gasteiger partial charge on any atom is -0.459 e. The number of nitrogens with zero attached hydrogens (tertiary/aromatic N) is 1. The average molecular weight is 736 g/mol. The first kappa shape index (κ1) is 44.1. The Kier molecular flexibility index (Phi) is 14.7. The summed E-state index contributed by atoms with van der Waals surface area (Å²) in [6.45, 7) is 16.3. The van der Waals surface area contributed by atoms with Gasteiger partial charge in [0, 0.05) is 37.3 Å². The zero-order valence-electron chi connectivity index (χ0n) is 32.9. The van der Waals surface area contributed by atoms with Gasteiger partial charge < -0.3 is 58.9 Å². The Bertz CT molecular complexity index is 1170. The Balaban J connectivity index is 2.18. The normalized spacial score (nSPS) is 49.7. The van der Waals surface area contributed by atoms with Crippen molar-refractivity contribution in [1.82, 2.24) is 4.90 Å². The molecule has 3 saturated heterocycles. The smallest absolute Gasteiger partial charge is 0.311 e. The highest BCUT2D eigenvalue weighted by Crippen LogP contribution is 2.40. The van der Waals surface area contributed by atoms with Crippen molar-refractivity contribution in [3.63, 3.8) is 0 Å². The molecule has 3 rings (SSSR count). The summed E-state index contributed by atoms with van der Waals surface area (Å²) in [7, 11) is 5.18. The van der Waals surface area contributed by atoms with Crippen LogP contribution in [-0.2, 0) is 38.0 Å². The number of hydrogen-bond acceptors (Lipinski definition) is 14. The Morgan fingerprint density at radius 1 is 0.882 bits per heavy atom. The van der Waals surface area contributed by atoms with Crippen LogP contribution in [-0.4, -0.2) is 148 Å². The van der Waals surface area contributed by atoms with Gasteiger partial charge in [-0.1, -0.05) is 27.7 Å². The third-order valence-corrected chi connectivity index (χ3v) is 11.8. The zero-order chi connectivity index (χ0) is 39.0. The van der Waals surface area contributed by atoms with E-state index in [1.165, 1.54) is 27.9 Å². The van der Waals surface area contributed by atoms with Crippen LogP contribution < -0.4 is 0 Å². The molecule has 14 nitrogen and oxygen atoms in total. The first-order chi connectivity index (χ1) is 23.4. The molecule has 3 aliphatic rings. The molecule has 14 heteroatoms. The number of ether oxygens (including phenoxy) is 6. The van der Waals surface area contributed by atoms with Crippen LogP contribution in [0.15, 0.2) is 0 Å². The van der Waals surface area contributed by atoms with Gasteiger partial charge >= 0.3 is 5.97 Å². The molecule has 0 aliphatic carbocycles. The number of rotatable bonds is 7. The SMILES string of the molecule is CCC1OC(=O)[C@H](C)C(O[C@H]2C[C@@](C)(OC)[C@@H](O)[C@H](C)O2)[C@H](C)[C@@H](O[C@@H]2O[C@H](C)C[C@H](N([13CH3])[13CH3])[C@H]2O)[C@](C)(O)C[C@@H](C)C(=O)C(C)[C@@H](O)[C@]1(C)O. The molecule has 0 radical (unpaired) electrons. The van der Waals surface area contributed by atoms with Crippen LogP contribution in [0.3, 0.4) is 0 Å². The minimum absolute atomic E-state index is 0.0936. The van der Waals surface area contributed by atoms with Gasteiger partial charge in [-0.3, -0.25) is 9.59 Å². The van der Waals surface area contributed by atoms with Gasteiger partial charge in [-0.2, -0.15) is 0 Å². The van der Waals surface area contributed by atoms with Gasteiger partial charge in [0.1, 0.15) is 29.7 Å². The Morgan fingerprint density at radius 3 is 2.04 bits per heavy atom. The maximum atomic E-state index is 14.1. The number of aliphatic hydroxyl groups is 5. The van der Waals surface area contributed by atoms with Gasteiger partial charge in [-0.25, -0.2) is 0 Å². The van der Waals surface area contributed by atoms with Crippen LogP contribution >= 0.6 is 0 Å². The molecule has 3 unspecified atom stereocenters. The van der Waals surface area contributed by atoms with E-state index < -0.39 is 108 Å². The lowest BCUT2D eigenvalue weighted by atomic mass is 9.74. The van der Waals surface area contributed by atoms with E-state index in [4.69, 9.17) is 28.4 Å². The predicted molar refractivity (Wildman–Crippen MR) is 186 cm³/mol. The summed E-state index contributed by atoms with van der Waals surface area (Å²) in [6, 6.07) is -0.324. The average Bonchev–Trinajstić information content (AvgIpc) is 3.05. The van der Waals surface area contributed by atoms with Gasteiger partial charge in [0.05, 0.1) is 47.6 Å². The number of methoxy groups -OCH3 is 1. The second-order valence-electron chi connectivity index (χ2n) is 16.5. The molecule has 3 aliphatic heterocycles. The minimum atomic E-state index is -1.99. The summed E-state index contributed by atoms with van der Waals surface area (Å²) in [4.78, 5) is 29.8. The second-order valence-corrected chi connectivity index (χ2v) is 16.5. The number of esters is 1. The number of likely N-dealkylation sites (N-methyl/N-ethyl adjacent to an activating group) is 1. The highest BCUT2D eigenvalue weighted by molar-refractivity contribution is 5.83. The van der Waals surface area contributed by atoms with Crippen molar-refractivity contribution in [3.05, 3.63) is 0 Å². The van der Waals surface area contributed by atoms with E-state index in [2.05, 4.69) is 0 Å². The van der Waals surface area contributed by atoms with Crippen LogP contribution in [0.1, 0.15) is 94.9 Å². The summed E-state index contributed by atoms with van der Waals surface area (Å²) in [5.41, 5.74) is -4.84. The number of hydrogen-bond donors (Lipinski definition) is 5. The van der Waals surface area contributed by atoms with E-state index in [0.717, 1.165) is 0 Å². The Morgan fingerprint density at radius 2 is 1.49 bits per heavy atom. The van der Waals surface area contributed by atoms with Crippen molar-refractivity contribution < 1.29 is 63.5 Å². The molecule has 18 atom stereocenters. The van der Waals surface area contributed by atoms with Gasteiger partial charge in [0.25, 0.3) is 0 Å². The number of ketones is 1. The van der Waals surface area contributed by atoms with Crippen LogP contribution in [0.5, 0.6) is 0 Å². The first-order valence-electron chi connectivity index (χ1n) is 18.5. The quantitative estimate of drug-likeness (QED) is 0.188. The van der Waals surface area contributed by atoms with Crippen molar-refractivity contribution in [2.45, 2.75) is 179 Å². The molecule has 0 bridgehead atoms. The number of aliphatic hydroxyl groups excluding tert-OH is 3. The molecule has 5 N–H and O–H groups in total. The van der Waals surface area contributed by atoms with Gasteiger partial charge in [-0.15, -0.1) is 0 Å². The third-order valence-electron chi connectivity index (χ3n) is 11.8. The lowest BCUT2D eigenvalue weighted by Gasteiger charge is -2.49. The van der Waals surface area contributed by atoms with Crippen molar-refractivity contribution in [2.24, 2.45) is 23.7 Å². The van der Waals surface area contributed by atoms with E-state index in [1.807, 2.05) is 25.9 Å². The van der Waals surface area contributed by atoms with E-state index in [-0.39, 0.29) is 31.4 Å². The fourth-order valence-corrected chi connectivity index (χ4v) is 8.41. The molecule has 51 heavy (non-hydrogen) atoms. The molecule has 0 spiro atoms. The van der Waals surface area contributed by atoms with E-state index >= 15 is 0 Å². The standard InChI is InChI=1S/C37H67NO13/c1-14-25-37(10,45)30(41)20(4)27(39)18(2)16-35(8,44)32(51-34-28(40)24(38(11)12)15-19(3)47-34)21(5)29(22(6)33(43)49-25)50-26-17-36(9,46-13)31(42)23(7)48-26/h18-26,28-32,34,40-42,44-45H,14-17H2,1-13H3/t18-,19-,20?,21+,22-,23+,24+,25?,26+,28-,29?,30-,31+,32-,34+,35-,36-,37-/m1/s1/i11+1,12+1. The Labute approximate surface area is 304 Å². The summed E-state index contributed by atoms with van der Waals surface area (Å²) in [5, 5.41) is 57.6. The molecule has 0 saturated carbocycles. The molecule has 0 aromatic rings. The molecule has 0 aromatic carbocycles. The van der Waals surface area contributed by atoms with Crippen molar-refractivity contribution in [3.8, 4) is 0 Å². The molecular weight excluding hydrogens is 668 g/mol. The lowest BCUT2D eigenvalue weighted by Crippen LogP contribution is -2.61. The van der Waals surface area contributed by atoms with Crippen LogP contribution in [0.25, 0.3) is 0 Å². The highest BCUT2D eigenvalue weighted by atomic mass is 16.7. The summed E-state index contributed by atoms with van der Waals surface area (Å²) >= 11 is 0. The topological polar surface area (TPSA) is 194 Å². The lowest BCUT2D eigenvalue weighted by molar-refractivity contribution is -0.318. The fraction of sp³-hybridized carbons (Fsp3) is 0.946. The summed E-state index contributed by atoms with van der Waals surface area (Å²) in [5.74, 6) is -4.98. The molecule has 0 aromatic heterocycles. The van der Waals surface area contributed by atoms with E-state index in [9.17, 15) is 35.1 Å². The molecule has 3 fully saturated rings. The molecule has 0 amide bonds. The van der Waals surface area contributed by atoms with Crippen LogP contribution in [0, 0.1) is 23.7 Å². The highest BCUT2D eigenvalue weighted by Gasteiger charge is 2.53. The van der Waals surface area contributed by atoms with Gasteiger partial charge in [0.15, 0.2) is 12.6 Å². The van der Waals surface area contributed by atoms with Crippen LogP contribution in [0.4, 0.5) is 0 Å². The summed E-state index contributed by atoms with van der Waals surface area (Å²) < 4.78 is 37.1. The van der Waals surface area contributed by atoms with Crippen molar-refractivity contribution in [2.75, 3.05) is 21.2 Å². The first-order valence-corrected chi connectivity index (χ1v) is 18.5. The molecule has 298 valence electrons. The monoisotopic (exact) mass is 735 g/mol. The van der Waals surface area contributed by atoms with Crippen molar-refractivity contribution in [1.29, 1.82) is 0 Å². The predicted octanol–water partition coefficient (Wildman–Crippen LogP) is 1.79. The third kappa shape index (κ3) is 9.51. The van der Waals surface area contributed by atoms with Crippen LogP contribution in [0.2, 0.25) is 0 Å². The van der Waals surface area contributed by atoms with Gasteiger partial charge in [-0.05, 0) is 74.9 Å². The maximum absolute atomic E-state index is 14.1. The zero-order valence-corrected chi connectivity index (χ0v) is 32.9. The van der Waals surface area contributed by atoms with Gasteiger partial charge in [0.2, 0.25) is 0 Å². The maximum Gasteiger partial charge on any atom is 0.311 e. The second kappa shape index (κ2) is 17.0. The Hall–Kier alpha value is -1.30. The molecular formula is C37H67NO13. The molecule has 3 heterocycles. The van der Waals surface area contributed by atoms with E-state index in [1.54, 1.807) is 41.5 Å². The number of Topliss-reactive ketones (excluding diaryl/α,β-unsaturated/α-hetero) is 1. The largest absolute Gasteiger partial charge is 0.459 e.